The van der Waals surface area contributed by atoms with Crippen LogP contribution in [0.5, 0.6) is 0 Å². The van der Waals surface area contributed by atoms with Crippen molar-refractivity contribution in [2.75, 3.05) is 13.1 Å². The highest BCUT2D eigenvalue weighted by Gasteiger charge is 2.17. The molecule has 1 saturated heterocycles. The van der Waals surface area contributed by atoms with Crippen molar-refractivity contribution in [2.45, 2.75) is 25.4 Å². The summed E-state index contributed by atoms with van der Waals surface area (Å²) in [5.74, 6) is -3.67. The molecule has 2 nitrogen and oxygen atoms in total. The molecule has 1 aromatic carbocycles. The average Bonchev–Trinajstić information content (AvgIpc) is 2.29. The van der Waals surface area contributed by atoms with Crippen LogP contribution in [-0.2, 0) is 6.54 Å². The van der Waals surface area contributed by atoms with E-state index < -0.39 is 17.5 Å². The Labute approximate surface area is 123 Å². The number of likely N-dealkylation sites (tertiary alicyclic amines) is 1. The standard InChI is InChI=1S/C12H15F3N2.2ClH/c13-10-5-8(6-11(14)12(10)15)7-17-3-1-9(16)2-4-17;;/h5-6,9H,1-4,7,16H2;2*1H. The van der Waals surface area contributed by atoms with Crippen molar-refractivity contribution in [1.82, 2.24) is 4.90 Å². The fourth-order valence-electron chi connectivity index (χ4n) is 2.07. The number of hydrogen-bond acceptors (Lipinski definition) is 2. The molecule has 2 rings (SSSR count). The minimum absolute atomic E-state index is 0. The van der Waals surface area contributed by atoms with Gasteiger partial charge in [-0.15, -0.1) is 24.8 Å². The van der Waals surface area contributed by atoms with Gasteiger partial charge in [0.15, 0.2) is 17.5 Å². The molecule has 7 heteroatoms. The van der Waals surface area contributed by atoms with Crippen LogP contribution >= 0.6 is 24.8 Å². The second-order valence-corrected chi connectivity index (χ2v) is 4.49. The summed E-state index contributed by atoms with van der Waals surface area (Å²) in [7, 11) is 0. The van der Waals surface area contributed by atoms with E-state index in [1.165, 1.54) is 0 Å². The van der Waals surface area contributed by atoms with Crippen molar-refractivity contribution in [3.8, 4) is 0 Å². The molecule has 19 heavy (non-hydrogen) atoms. The van der Waals surface area contributed by atoms with Crippen molar-refractivity contribution < 1.29 is 13.2 Å². The highest BCUT2D eigenvalue weighted by atomic mass is 35.5. The lowest BCUT2D eigenvalue weighted by atomic mass is 10.1. The zero-order valence-corrected chi connectivity index (χ0v) is 11.9. The van der Waals surface area contributed by atoms with E-state index in [-0.39, 0.29) is 30.9 Å². The van der Waals surface area contributed by atoms with Crippen LogP contribution in [0.4, 0.5) is 13.2 Å². The predicted molar refractivity (Wildman–Crippen MR) is 73.3 cm³/mol. The molecule has 0 radical (unpaired) electrons. The Bertz CT molecular complexity index is 387. The summed E-state index contributed by atoms with van der Waals surface area (Å²) in [5.41, 5.74) is 6.22. The summed E-state index contributed by atoms with van der Waals surface area (Å²) in [5, 5.41) is 0. The van der Waals surface area contributed by atoms with Crippen LogP contribution in [0.25, 0.3) is 0 Å². The molecular weight excluding hydrogens is 300 g/mol. The molecule has 0 spiro atoms. The molecular formula is C12H17Cl2F3N2. The van der Waals surface area contributed by atoms with Crippen LogP contribution in [0, 0.1) is 17.5 Å². The molecule has 110 valence electrons. The smallest absolute Gasteiger partial charge is 0.194 e. The fourth-order valence-corrected chi connectivity index (χ4v) is 2.07. The van der Waals surface area contributed by atoms with Crippen LogP contribution in [-0.4, -0.2) is 24.0 Å². The van der Waals surface area contributed by atoms with Gasteiger partial charge in [-0.05, 0) is 43.6 Å². The Kier molecular flexibility index (Phi) is 7.74. The number of halogens is 5. The second-order valence-electron chi connectivity index (χ2n) is 4.49. The second kappa shape index (κ2) is 7.94. The van der Waals surface area contributed by atoms with Crippen molar-refractivity contribution in [3.05, 3.63) is 35.1 Å². The third-order valence-electron chi connectivity index (χ3n) is 3.08. The maximum atomic E-state index is 13.0. The third kappa shape index (κ3) is 4.84. The Hall–Kier alpha value is -0.490. The molecule has 1 heterocycles. The number of benzene rings is 1. The molecule has 0 amide bonds. The normalized spacial score (nSPS) is 16.6. The summed E-state index contributed by atoms with van der Waals surface area (Å²) < 4.78 is 38.8. The van der Waals surface area contributed by atoms with Gasteiger partial charge in [0.2, 0.25) is 0 Å². The highest BCUT2D eigenvalue weighted by molar-refractivity contribution is 5.85. The number of hydrogen-bond donors (Lipinski definition) is 1. The fraction of sp³-hybridized carbons (Fsp3) is 0.500. The largest absolute Gasteiger partial charge is 0.328 e. The molecule has 1 aromatic rings. The van der Waals surface area contributed by atoms with Crippen molar-refractivity contribution in [3.63, 3.8) is 0 Å². The first kappa shape index (κ1) is 18.5. The van der Waals surface area contributed by atoms with Crippen LogP contribution in [0.2, 0.25) is 0 Å². The average molecular weight is 317 g/mol. The van der Waals surface area contributed by atoms with Gasteiger partial charge in [0.1, 0.15) is 0 Å². The van der Waals surface area contributed by atoms with Gasteiger partial charge in [0.25, 0.3) is 0 Å². The molecule has 0 aromatic heterocycles. The molecule has 1 aliphatic rings. The quantitative estimate of drug-likeness (QED) is 0.850. The van der Waals surface area contributed by atoms with Crippen molar-refractivity contribution in [1.29, 1.82) is 0 Å². The van der Waals surface area contributed by atoms with Gasteiger partial charge in [-0.1, -0.05) is 0 Å². The maximum Gasteiger partial charge on any atom is 0.194 e. The van der Waals surface area contributed by atoms with Gasteiger partial charge in [-0.3, -0.25) is 4.90 Å². The van der Waals surface area contributed by atoms with E-state index >= 15 is 0 Å². The highest BCUT2D eigenvalue weighted by Crippen LogP contribution is 2.17. The van der Waals surface area contributed by atoms with Gasteiger partial charge >= 0.3 is 0 Å². The Morgan fingerprint density at radius 3 is 2.00 bits per heavy atom. The summed E-state index contributed by atoms with van der Waals surface area (Å²) >= 11 is 0. The van der Waals surface area contributed by atoms with Gasteiger partial charge < -0.3 is 5.73 Å². The van der Waals surface area contributed by atoms with E-state index in [9.17, 15) is 13.2 Å². The predicted octanol–water partition coefficient (Wildman–Crippen LogP) is 2.87. The minimum atomic E-state index is -1.41. The monoisotopic (exact) mass is 316 g/mol. The molecule has 0 aliphatic carbocycles. The molecule has 0 unspecified atom stereocenters. The molecule has 1 fully saturated rings. The lowest BCUT2D eigenvalue weighted by Crippen LogP contribution is -2.39. The molecule has 1 aliphatic heterocycles. The lowest BCUT2D eigenvalue weighted by Gasteiger charge is -2.30. The lowest BCUT2D eigenvalue weighted by molar-refractivity contribution is 0.205. The SMILES string of the molecule is Cl.Cl.NC1CCN(Cc2cc(F)c(F)c(F)c2)CC1. The van der Waals surface area contributed by atoms with E-state index in [1.54, 1.807) is 0 Å². The summed E-state index contributed by atoms with van der Waals surface area (Å²) in [6.07, 6.45) is 1.76. The third-order valence-corrected chi connectivity index (χ3v) is 3.08. The van der Waals surface area contributed by atoms with Gasteiger partial charge in [0.05, 0.1) is 0 Å². The zero-order chi connectivity index (χ0) is 12.4. The van der Waals surface area contributed by atoms with Crippen LogP contribution in [0.3, 0.4) is 0 Å². The van der Waals surface area contributed by atoms with Gasteiger partial charge in [0, 0.05) is 12.6 Å². The summed E-state index contributed by atoms with van der Waals surface area (Å²) in [6, 6.07) is 2.31. The topological polar surface area (TPSA) is 29.3 Å². The number of rotatable bonds is 2. The first-order chi connectivity index (χ1) is 8.06. The summed E-state index contributed by atoms with van der Waals surface area (Å²) in [6.45, 7) is 2.05. The molecule has 0 atom stereocenters. The van der Waals surface area contributed by atoms with E-state index in [0.717, 1.165) is 38.1 Å². The number of nitrogens with zero attached hydrogens (tertiary/aromatic N) is 1. The Morgan fingerprint density at radius 2 is 1.53 bits per heavy atom. The number of nitrogens with two attached hydrogens (primary N) is 1. The Balaban J connectivity index is 0.00000162. The van der Waals surface area contributed by atoms with E-state index in [4.69, 9.17) is 5.73 Å². The van der Waals surface area contributed by atoms with Gasteiger partial charge in [-0.25, -0.2) is 13.2 Å². The number of piperidine rings is 1. The van der Waals surface area contributed by atoms with E-state index in [1.807, 2.05) is 0 Å². The first-order valence-electron chi connectivity index (χ1n) is 5.67. The summed E-state index contributed by atoms with van der Waals surface area (Å²) in [4.78, 5) is 2.06. The Morgan fingerprint density at radius 1 is 1.05 bits per heavy atom. The minimum Gasteiger partial charge on any atom is -0.328 e. The maximum absolute atomic E-state index is 13.0. The van der Waals surface area contributed by atoms with Crippen molar-refractivity contribution >= 4 is 24.8 Å². The van der Waals surface area contributed by atoms with E-state index in [0.29, 0.717) is 12.1 Å². The van der Waals surface area contributed by atoms with Crippen LogP contribution in [0.15, 0.2) is 12.1 Å². The zero-order valence-electron chi connectivity index (χ0n) is 10.2. The van der Waals surface area contributed by atoms with Crippen LogP contribution in [0.1, 0.15) is 18.4 Å². The first-order valence-corrected chi connectivity index (χ1v) is 5.67. The van der Waals surface area contributed by atoms with Gasteiger partial charge in [-0.2, -0.15) is 0 Å². The molecule has 0 bridgehead atoms. The van der Waals surface area contributed by atoms with E-state index in [2.05, 4.69) is 4.90 Å². The van der Waals surface area contributed by atoms with Crippen molar-refractivity contribution in [2.24, 2.45) is 5.73 Å². The van der Waals surface area contributed by atoms with Crippen LogP contribution < -0.4 is 5.73 Å². The molecule has 2 N–H and O–H groups in total. The molecule has 0 saturated carbocycles.